The average molecular weight is 266 g/mol. The lowest BCUT2D eigenvalue weighted by Crippen LogP contribution is -2.43. The predicted octanol–water partition coefficient (Wildman–Crippen LogP) is 3.79. The van der Waals surface area contributed by atoms with Gasteiger partial charge in [-0.25, -0.2) is 0 Å². The van der Waals surface area contributed by atoms with Gasteiger partial charge in [0.25, 0.3) is 0 Å². The van der Waals surface area contributed by atoms with E-state index in [-0.39, 0.29) is 0 Å². The van der Waals surface area contributed by atoms with Gasteiger partial charge in [0.15, 0.2) is 0 Å². The van der Waals surface area contributed by atoms with E-state index in [1.165, 1.54) is 64.3 Å². The quantitative estimate of drug-likeness (QED) is 0.787. The van der Waals surface area contributed by atoms with Crippen molar-refractivity contribution in [2.75, 3.05) is 13.6 Å². The molecule has 0 amide bonds. The summed E-state index contributed by atoms with van der Waals surface area (Å²) in [5.74, 6) is 0.738. The van der Waals surface area contributed by atoms with Gasteiger partial charge in [0, 0.05) is 18.6 Å². The third-order valence-electron chi connectivity index (χ3n) is 5.67. The summed E-state index contributed by atoms with van der Waals surface area (Å²) in [7, 11) is 2.33. The molecule has 0 aliphatic heterocycles. The SMILES string of the molecule is CN(CC1CCCCCC1N)C1CCC(C)(C)CC1. The van der Waals surface area contributed by atoms with E-state index in [9.17, 15) is 0 Å². The number of nitrogens with two attached hydrogens (primary N) is 1. The minimum Gasteiger partial charge on any atom is -0.327 e. The van der Waals surface area contributed by atoms with Crippen molar-refractivity contribution in [2.45, 2.75) is 83.7 Å². The van der Waals surface area contributed by atoms with Crippen LogP contribution in [-0.2, 0) is 0 Å². The van der Waals surface area contributed by atoms with Crippen molar-refractivity contribution in [3.8, 4) is 0 Å². The van der Waals surface area contributed by atoms with Crippen molar-refractivity contribution in [2.24, 2.45) is 17.1 Å². The molecule has 0 saturated heterocycles. The first-order valence-electron chi connectivity index (χ1n) is 8.44. The molecule has 2 atom stereocenters. The van der Waals surface area contributed by atoms with Gasteiger partial charge in [0.05, 0.1) is 0 Å². The second-order valence-electron chi connectivity index (χ2n) is 7.90. The van der Waals surface area contributed by atoms with Gasteiger partial charge >= 0.3 is 0 Å². The number of rotatable bonds is 3. The molecule has 0 spiro atoms. The van der Waals surface area contributed by atoms with Crippen LogP contribution in [0, 0.1) is 11.3 Å². The molecule has 2 aliphatic carbocycles. The van der Waals surface area contributed by atoms with Crippen molar-refractivity contribution in [1.29, 1.82) is 0 Å². The van der Waals surface area contributed by atoms with Gasteiger partial charge in [-0.3, -0.25) is 0 Å². The van der Waals surface area contributed by atoms with Gasteiger partial charge in [0.2, 0.25) is 0 Å². The van der Waals surface area contributed by atoms with Gasteiger partial charge < -0.3 is 10.6 Å². The fraction of sp³-hybridized carbons (Fsp3) is 1.00. The lowest BCUT2D eigenvalue weighted by Gasteiger charge is -2.40. The highest BCUT2D eigenvalue weighted by Gasteiger charge is 2.30. The topological polar surface area (TPSA) is 29.3 Å². The molecule has 2 nitrogen and oxygen atoms in total. The van der Waals surface area contributed by atoms with Crippen LogP contribution in [0.1, 0.15) is 71.6 Å². The van der Waals surface area contributed by atoms with E-state index in [4.69, 9.17) is 5.73 Å². The Bertz CT molecular complexity index is 264. The molecule has 0 radical (unpaired) electrons. The molecule has 2 N–H and O–H groups in total. The Labute approximate surface area is 120 Å². The van der Waals surface area contributed by atoms with Crippen molar-refractivity contribution >= 4 is 0 Å². The lowest BCUT2D eigenvalue weighted by atomic mass is 9.75. The molecule has 2 aliphatic rings. The van der Waals surface area contributed by atoms with Crippen LogP contribution in [0.4, 0.5) is 0 Å². The lowest BCUT2D eigenvalue weighted by molar-refractivity contribution is 0.108. The zero-order valence-corrected chi connectivity index (χ0v) is 13.3. The molecule has 0 aromatic carbocycles. The summed E-state index contributed by atoms with van der Waals surface area (Å²) >= 11 is 0. The number of hydrogen-bond donors (Lipinski definition) is 1. The van der Waals surface area contributed by atoms with E-state index >= 15 is 0 Å². The number of nitrogens with zero attached hydrogens (tertiary/aromatic N) is 1. The summed E-state index contributed by atoms with van der Waals surface area (Å²) in [5, 5.41) is 0. The van der Waals surface area contributed by atoms with Gasteiger partial charge in [-0.1, -0.05) is 33.1 Å². The summed E-state index contributed by atoms with van der Waals surface area (Å²) in [6.45, 7) is 6.07. The molecule has 2 saturated carbocycles. The summed E-state index contributed by atoms with van der Waals surface area (Å²) in [4.78, 5) is 2.63. The van der Waals surface area contributed by atoms with Crippen LogP contribution in [0.15, 0.2) is 0 Å². The highest BCUT2D eigenvalue weighted by Crippen LogP contribution is 2.37. The highest BCUT2D eigenvalue weighted by molar-refractivity contribution is 4.85. The van der Waals surface area contributed by atoms with Crippen LogP contribution in [-0.4, -0.2) is 30.6 Å². The van der Waals surface area contributed by atoms with Crippen molar-refractivity contribution in [3.05, 3.63) is 0 Å². The summed E-state index contributed by atoms with van der Waals surface area (Å²) in [6.07, 6.45) is 12.3. The monoisotopic (exact) mass is 266 g/mol. The van der Waals surface area contributed by atoms with Crippen LogP contribution < -0.4 is 5.73 Å². The van der Waals surface area contributed by atoms with E-state index < -0.39 is 0 Å². The van der Waals surface area contributed by atoms with Gasteiger partial charge in [-0.15, -0.1) is 0 Å². The van der Waals surface area contributed by atoms with Crippen LogP contribution in [0.25, 0.3) is 0 Å². The fourth-order valence-corrected chi connectivity index (χ4v) is 3.98. The minimum atomic E-state index is 0.449. The van der Waals surface area contributed by atoms with E-state index in [1.54, 1.807) is 0 Å². The average Bonchev–Trinajstić information content (AvgIpc) is 2.55. The zero-order chi connectivity index (χ0) is 13.9. The maximum atomic E-state index is 6.37. The van der Waals surface area contributed by atoms with Gasteiger partial charge in [-0.05, 0) is 56.9 Å². The first-order chi connectivity index (χ1) is 8.98. The van der Waals surface area contributed by atoms with Crippen LogP contribution >= 0.6 is 0 Å². The molecular formula is C17H34N2. The zero-order valence-electron chi connectivity index (χ0n) is 13.3. The third-order valence-corrected chi connectivity index (χ3v) is 5.67. The molecule has 2 unspecified atom stereocenters. The first-order valence-corrected chi connectivity index (χ1v) is 8.44. The summed E-state index contributed by atoms with van der Waals surface area (Å²) < 4.78 is 0. The smallest absolute Gasteiger partial charge is 0.00927 e. The maximum Gasteiger partial charge on any atom is 0.00927 e. The molecule has 0 heterocycles. The second kappa shape index (κ2) is 6.58. The molecule has 0 aromatic rings. The van der Waals surface area contributed by atoms with Crippen molar-refractivity contribution in [3.63, 3.8) is 0 Å². The Hall–Kier alpha value is -0.0800. The summed E-state index contributed by atoms with van der Waals surface area (Å²) in [6, 6.07) is 1.26. The Balaban J connectivity index is 1.81. The normalized spacial score (nSPS) is 33.3. The Morgan fingerprint density at radius 3 is 2.32 bits per heavy atom. The van der Waals surface area contributed by atoms with Crippen LogP contribution in [0.5, 0.6) is 0 Å². The van der Waals surface area contributed by atoms with E-state index in [0.29, 0.717) is 11.5 Å². The number of hydrogen-bond acceptors (Lipinski definition) is 2. The summed E-state index contributed by atoms with van der Waals surface area (Å²) in [5.41, 5.74) is 6.95. The van der Waals surface area contributed by atoms with E-state index in [0.717, 1.165) is 12.0 Å². The van der Waals surface area contributed by atoms with E-state index in [1.807, 2.05) is 0 Å². The largest absolute Gasteiger partial charge is 0.327 e. The molecule has 19 heavy (non-hydrogen) atoms. The minimum absolute atomic E-state index is 0.449. The molecule has 112 valence electrons. The maximum absolute atomic E-state index is 6.37. The first kappa shape index (κ1) is 15.3. The van der Waals surface area contributed by atoms with Gasteiger partial charge in [-0.2, -0.15) is 0 Å². The molecule has 0 aromatic heterocycles. The van der Waals surface area contributed by atoms with Crippen molar-refractivity contribution in [1.82, 2.24) is 4.90 Å². The predicted molar refractivity (Wildman–Crippen MR) is 83.2 cm³/mol. The van der Waals surface area contributed by atoms with Crippen LogP contribution in [0.3, 0.4) is 0 Å². The highest BCUT2D eigenvalue weighted by atomic mass is 15.1. The van der Waals surface area contributed by atoms with E-state index in [2.05, 4.69) is 25.8 Å². The fourth-order valence-electron chi connectivity index (χ4n) is 3.98. The van der Waals surface area contributed by atoms with Crippen molar-refractivity contribution < 1.29 is 0 Å². The van der Waals surface area contributed by atoms with Crippen LogP contribution in [0.2, 0.25) is 0 Å². The Morgan fingerprint density at radius 2 is 1.63 bits per heavy atom. The standard InChI is InChI=1S/C17H34N2/c1-17(2)11-9-15(10-12-17)19(3)13-14-7-5-4-6-8-16(14)18/h14-16H,4-13,18H2,1-3H3. The Morgan fingerprint density at radius 1 is 1.00 bits per heavy atom. The second-order valence-corrected chi connectivity index (χ2v) is 7.90. The van der Waals surface area contributed by atoms with Gasteiger partial charge in [0.1, 0.15) is 0 Å². The third kappa shape index (κ3) is 4.46. The molecule has 2 fully saturated rings. The molecule has 2 rings (SSSR count). The Kier molecular flexibility index (Phi) is 5.30. The molecular weight excluding hydrogens is 232 g/mol. The molecule has 2 heteroatoms. The molecule has 0 bridgehead atoms.